The zero-order chi connectivity index (χ0) is 24.2. The van der Waals surface area contributed by atoms with E-state index >= 15 is 0 Å². The molecule has 1 fully saturated rings. The molecular formula is C27H39ClO5. The average molecular weight is 479 g/mol. The van der Waals surface area contributed by atoms with Gasteiger partial charge in [0, 0.05) is 24.1 Å². The number of carboxylic acids is 1. The summed E-state index contributed by atoms with van der Waals surface area (Å²) < 4.78 is 5.62. The van der Waals surface area contributed by atoms with Crippen LogP contribution in [0.2, 0.25) is 0 Å². The summed E-state index contributed by atoms with van der Waals surface area (Å²) in [4.78, 5) is 10.6. The van der Waals surface area contributed by atoms with Gasteiger partial charge in [-0.25, -0.2) is 0 Å². The van der Waals surface area contributed by atoms with E-state index in [9.17, 15) is 15.0 Å². The Morgan fingerprint density at radius 1 is 1.27 bits per heavy atom. The molecule has 1 unspecified atom stereocenters. The van der Waals surface area contributed by atoms with E-state index in [1.54, 1.807) is 6.08 Å². The molecule has 6 heteroatoms. The lowest BCUT2D eigenvalue weighted by atomic mass is 9.90. The lowest BCUT2D eigenvalue weighted by molar-refractivity contribution is -0.137. The van der Waals surface area contributed by atoms with E-state index in [0.29, 0.717) is 25.9 Å². The molecule has 0 aliphatic heterocycles. The third-order valence-electron chi connectivity index (χ3n) is 6.04. The second-order valence-electron chi connectivity index (χ2n) is 9.20. The van der Waals surface area contributed by atoms with Crippen LogP contribution in [0.15, 0.2) is 48.6 Å². The summed E-state index contributed by atoms with van der Waals surface area (Å²) >= 11 is 6.49. The van der Waals surface area contributed by atoms with Crippen LogP contribution in [-0.4, -0.2) is 51.6 Å². The highest BCUT2D eigenvalue weighted by Gasteiger charge is 2.39. The third-order valence-corrected chi connectivity index (χ3v) is 6.54. The zero-order valence-electron chi connectivity index (χ0n) is 19.8. The summed E-state index contributed by atoms with van der Waals surface area (Å²) in [5.74, 6) is -0.797. The number of aliphatic carboxylic acids is 1. The van der Waals surface area contributed by atoms with E-state index in [0.717, 1.165) is 24.8 Å². The summed E-state index contributed by atoms with van der Waals surface area (Å²) in [5, 5.41) is 29.6. The van der Waals surface area contributed by atoms with E-state index in [1.165, 1.54) is 5.56 Å². The number of rotatable bonds is 14. The minimum atomic E-state index is -0.779. The highest BCUT2D eigenvalue weighted by atomic mass is 35.5. The molecule has 5 nitrogen and oxygen atoms in total. The van der Waals surface area contributed by atoms with Gasteiger partial charge in [-0.3, -0.25) is 4.79 Å². The van der Waals surface area contributed by atoms with Gasteiger partial charge in [0.05, 0.1) is 24.9 Å². The molecule has 0 bridgehead atoms. The first-order valence-corrected chi connectivity index (χ1v) is 12.4. The van der Waals surface area contributed by atoms with Gasteiger partial charge in [0.25, 0.3) is 0 Å². The van der Waals surface area contributed by atoms with Gasteiger partial charge in [-0.2, -0.15) is 0 Å². The van der Waals surface area contributed by atoms with E-state index < -0.39 is 18.2 Å². The smallest absolute Gasteiger partial charge is 0.303 e. The summed E-state index contributed by atoms with van der Waals surface area (Å²) in [6.45, 7) is 4.73. The number of unbranched alkanes of at least 4 members (excludes halogenated alkanes) is 1. The van der Waals surface area contributed by atoms with Crippen molar-refractivity contribution in [1.29, 1.82) is 0 Å². The molecule has 184 valence electrons. The maximum Gasteiger partial charge on any atom is 0.303 e. The Balaban J connectivity index is 1.87. The van der Waals surface area contributed by atoms with Crippen molar-refractivity contribution in [2.24, 2.45) is 11.8 Å². The van der Waals surface area contributed by atoms with E-state index in [1.807, 2.05) is 44.2 Å². The minimum absolute atomic E-state index is 0.0881. The van der Waals surface area contributed by atoms with Crippen LogP contribution in [0.1, 0.15) is 57.1 Å². The fraction of sp³-hybridized carbons (Fsp3) is 0.593. The normalized spacial score (nSPS) is 24.3. The standard InChI is InChI=1S/C27H39ClO5/c1-19(2)33-15-14-20-8-7-9-21(16-20)17-22(29)12-13-24-23(25(28)18-26(24)30)10-5-3-4-6-11-27(31)32/h3,5,7-9,12-13,16,19,22-26,29-30H,4,6,10-11,14-15,17-18H2,1-2H3,(H,31,32)/t22?,23-,24-,25-,26-/m1/s1. The van der Waals surface area contributed by atoms with Crippen molar-refractivity contribution in [3.8, 4) is 0 Å². The lowest BCUT2D eigenvalue weighted by Gasteiger charge is -2.19. The van der Waals surface area contributed by atoms with Crippen LogP contribution in [-0.2, 0) is 22.4 Å². The first-order valence-electron chi connectivity index (χ1n) is 12.0. The van der Waals surface area contributed by atoms with E-state index in [4.69, 9.17) is 21.4 Å². The molecule has 0 amide bonds. The fourth-order valence-corrected chi connectivity index (χ4v) is 4.75. The van der Waals surface area contributed by atoms with Crippen molar-refractivity contribution in [2.45, 2.75) is 82.5 Å². The largest absolute Gasteiger partial charge is 0.481 e. The van der Waals surface area contributed by atoms with Gasteiger partial charge >= 0.3 is 5.97 Å². The number of hydrogen-bond acceptors (Lipinski definition) is 4. The quantitative estimate of drug-likeness (QED) is 0.201. The molecule has 0 radical (unpaired) electrons. The molecule has 0 heterocycles. The predicted molar refractivity (Wildman–Crippen MR) is 133 cm³/mol. The van der Waals surface area contributed by atoms with Crippen LogP contribution < -0.4 is 0 Å². The summed E-state index contributed by atoms with van der Waals surface area (Å²) in [5.41, 5.74) is 2.26. The first-order chi connectivity index (χ1) is 15.8. The Kier molecular flexibility index (Phi) is 12.2. The number of carbonyl (C=O) groups is 1. The highest BCUT2D eigenvalue weighted by molar-refractivity contribution is 6.21. The number of aliphatic hydroxyl groups is 2. The van der Waals surface area contributed by atoms with Gasteiger partial charge < -0.3 is 20.1 Å². The Labute approximate surface area is 203 Å². The molecule has 0 aromatic heterocycles. The molecule has 0 spiro atoms. The molecule has 3 N–H and O–H groups in total. The summed E-state index contributed by atoms with van der Waals surface area (Å²) in [6, 6.07) is 8.21. The van der Waals surface area contributed by atoms with Crippen molar-refractivity contribution < 1.29 is 24.9 Å². The average Bonchev–Trinajstić information content (AvgIpc) is 3.01. The number of hydrogen-bond donors (Lipinski definition) is 3. The second kappa shape index (κ2) is 14.6. The van der Waals surface area contributed by atoms with Crippen LogP contribution in [0.5, 0.6) is 0 Å². The number of halogens is 1. The van der Waals surface area contributed by atoms with Gasteiger partial charge in [-0.05, 0) is 63.0 Å². The minimum Gasteiger partial charge on any atom is -0.481 e. The predicted octanol–water partition coefficient (Wildman–Crippen LogP) is 4.92. The van der Waals surface area contributed by atoms with Gasteiger partial charge in [-0.1, -0.05) is 48.6 Å². The number of carboxylic acid groups (broad SMARTS) is 1. The molecule has 1 aromatic carbocycles. The van der Waals surface area contributed by atoms with Crippen molar-refractivity contribution in [1.82, 2.24) is 0 Å². The number of allylic oxidation sites excluding steroid dienone is 2. The van der Waals surface area contributed by atoms with Crippen LogP contribution in [0, 0.1) is 11.8 Å². The van der Waals surface area contributed by atoms with Crippen molar-refractivity contribution >= 4 is 17.6 Å². The molecule has 1 aliphatic rings. The zero-order valence-corrected chi connectivity index (χ0v) is 20.5. The van der Waals surface area contributed by atoms with Gasteiger partial charge in [0.1, 0.15) is 0 Å². The maximum atomic E-state index is 10.6. The SMILES string of the molecule is CC(C)OCCc1cccc(CC(O)C=C[C@@H]2[C@@H](CC=CCCCC(=O)O)[C@H](Cl)C[C@H]2O)c1. The van der Waals surface area contributed by atoms with E-state index in [-0.39, 0.29) is 29.7 Å². The van der Waals surface area contributed by atoms with Crippen LogP contribution in [0.4, 0.5) is 0 Å². The fourth-order valence-electron chi connectivity index (χ4n) is 4.30. The molecule has 2 rings (SSSR count). The van der Waals surface area contributed by atoms with Crippen molar-refractivity contribution in [2.75, 3.05) is 6.61 Å². The number of benzene rings is 1. The van der Waals surface area contributed by atoms with Crippen molar-refractivity contribution in [3.05, 3.63) is 59.7 Å². The number of ether oxygens (including phenoxy) is 1. The Morgan fingerprint density at radius 2 is 2.03 bits per heavy atom. The van der Waals surface area contributed by atoms with Gasteiger partial charge in [-0.15, -0.1) is 11.6 Å². The Bertz CT molecular complexity index is 776. The molecule has 5 atom stereocenters. The number of aliphatic hydroxyl groups excluding tert-OH is 2. The molecule has 1 aromatic rings. The monoisotopic (exact) mass is 478 g/mol. The second-order valence-corrected chi connectivity index (χ2v) is 9.76. The highest BCUT2D eigenvalue weighted by Crippen LogP contribution is 2.39. The van der Waals surface area contributed by atoms with Crippen LogP contribution in [0.3, 0.4) is 0 Å². The maximum absolute atomic E-state index is 10.6. The van der Waals surface area contributed by atoms with Crippen molar-refractivity contribution in [3.63, 3.8) is 0 Å². The summed E-state index contributed by atoms with van der Waals surface area (Å²) in [7, 11) is 0. The molecular weight excluding hydrogens is 440 g/mol. The van der Waals surface area contributed by atoms with Crippen LogP contribution >= 0.6 is 11.6 Å². The first kappa shape index (κ1) is 27.6. The molecule has 0 saturated heterocycles. The number of alkyl halides is 1. The molecule has 1 aliphatic carbocycles. The van der Waals surface area contributed by atoms with Crippen LogP contribution in [0.25, 0.3) is 0 Å². The molecule has 33 heavy (non-hydrogen) atoms. The van der Waals surface area contributed by atoms with E-state index in [2.05, 4.69) is 12.1 Å². The molecule has 1 saturated carbocycles. The van der Waals surface area contributed by atoms with Gasteiger partial charge in [0.2, 0.25) is 0 Å². The topological polar surface area (TPSA) is 87.0 Å². The third kappa shape index (κ3) is 10.4. The summed E-state index contributed by atoms with van der Waals surface area (Å²) in [6.07, 6.45) is 10.9. The van der Waals surface area contributed by atoms with Gasteiger partial charge in [0.15, 0.2) is 0 Å². The Hall–Kier alpha value is -1.66. The lowest BCUT2D eigenvalue weighted by Crippen LogP contribution is -2.19. The Morgan fingerprint density at radius 3 is 2.76 bits per heavy atom.